The number of ether oxygens (including phenoxy) is 1. The second-order valence-electron chi connectivity index (χ2n) is 4.59. The fraction of sp³-hybridized carbons (Fsp3) is 0.188. The largest absolute Gasteiger partial charge is 0.484 e. The molecule has 1 atom stereocenters. The second-order valence-corrected chi connectivity index (χ2v) is 5.03. The minimum Gasteiger partial charge on any atom is -0.484 e. The van der Waals surface area contributed by atoms with Gasteiger partial charge in [0, 0.05) is 10.7 Å². The molecule has 0 fully saturated rings. The van der Waals surface area contributed by atoms with Gasteiger partial charge in [-0.25, -0.2) is 0 Å². The summed E-state index contributed by atoms with van der Waals surface area (Å²) in [5.74, 6) is 0.303. The fourth-order valence-electron chi connectivity index (χ4n) is 1.75. The van der Waals surface area contributed by atoms with E-state index in [4.69, 9.17) is 16.3 Å². The van der Waals surface area contributed by atoms with Crippen molar-refractivity contribution >= 4 is 23.2 Å². The highest BCUT2D eigenvalue weighted by atomic mass is 35.5. The molecule has 1 unspecified atom stereocenters. The third kappa shape index (κ3) is 4.77. The lowest BCUT2D eigenvalue weighted by molar-refractivity contribution is -0.118. The Hall–Kier alpha value is -2.04. The number of carbonyl (C=O) groups excluding carboxylic acids is 1. The zero-order chi connectivity index (χ0) is 15.2. The van der Waals surface area contributed by atoms with Gasteiger partial charge >= 0.3 is 0 Å². The van der Waals surface area contributed by atoms with Crippen LogP contribution >= 0.6 is 11.6 Å². The molecule has 110 valence electrons. The van der Waals surface area contributed by atoms with E-state index in [2.05, 4.69) is 5.32 Å². The lowest BCUT2D eigenvalue weighted by atomic mass is 10.1. The van der Waals surface area contributed by atoms with Gasteiger partial charge in [0.25, 0.3) is 5.91 Å². The van der Waals surface area contributed by atoms with Crippen molar-refractivity contribution in [3.8, 4) is 5.75 Å². The molecule has 0 aromatic heterocycles. The van der Waals surface area contributed by atoms with Crippen LogP contribution in [0.3, 0.4) is 0 Å². The first-order valence-corrected chi connectivity index (χ1v) is 6.88. The summed E-state index contributed by atoms with van der Waals surface area (Å²) in [5, 5.41) is 12.7. The van der Waals surface area contributed by atoms with Crippen molar-refractivity contribution in [3.63, 3.8) is 0 Å². The topological polar surface area (TPSA) is 58.6 Å². The van der Waals surface area contributed by atoms with Crippen LogP contribution in [0.5, 0.6) is 5.75 Å². The summed E-state index contributed by atoms with van der Waals surface area (Å²) in [6.45, 7) is 1.59. The number of nitrogens with one attached hydrogen (secondary N) is 1. The van der Waals surface area contributed by atoms with Crippen LogP contribution in [-0.2, 0) is 4.79 Å². The normalized spacial score (nSPS) is 11.8. The molecule has 2 aromatic carbocycles. The molecule has 0 radical (unpaired) electrons. The van der Waals surface area contributed by atoms with Crippen molar-refractivity contribution in [2.75, 3.05) is 11.9 Å². The Balaban J connectivity index is 1.86. The molecule has 2 rings (SSSR count). The number of carbonyl (C=O) groups is 1. The van der Waals surface area contributed by atoms with Gasteiger partial charge < -0.3 is 15.2 Å². The predicted octanol–water partition coefficient (Wildman–Crippen LogP) is 3.41. The van der Waals surface area contributed by atoms with Crippen molar-refractivity contribution in [1.82, 2.24) is 0 Å². The van der Waals surface area contributed by atoms with E-state index in [0.29, 0.717) is 16.5 Å². The van der Waals surface area contributed by atoms with Crippen molar-refractivity contribution in [2.24, 2.45) is 0 Å². The summed E-state index contributed by atoms with van der Waals surface area (Å²) < 4.78 is 5.38. The first kappa shape index (κ1) is 15.4. The number of hydrogen-bond donors (Lipinski definition) is 2. The predicted molar refractivity (Wildman–Crippen MR) is 82.7 cm³/mol. The molecule has 0 saturated heterocycles. The zero-order valence-corrected chi connectivity index (χ0v) is 12.3. The molecule has 1 amide bonds. The van der Waals surface area contributed by atoms with Crippen molar-refractivity contribution in [2.45, 2.75) is 13.0 Å². The third-order valence-electron chi connectivity index (χ3n) is 2.84. The number of aliphatic hydroxyl groups excluding tert-OH is 1. The highest BCUT2D eigenvalue weighted by molar-refractivity contribution is 6.30. The molecule has 5 heteroatoms. The maximum absolute atomic E-state index is 11.8. The van der Waals surface area contributed by atoms with E-state index in [1.54, 1.807) is 55.5 Å². The van der Waals surface area contributed by atoms with Crippen LogP contribution in [-0.4, -0.2) is 17.6 Å². The maximum Gasteiger partial charge on any atom is 0.262 e. The van der Waals surface area contributed by atoms with E-state index in [1.165, 1.54) is 0 Å². The van der Waals surface area contributed by atoms with Crippen LogP contribution in [0.2, 0.25) is 5.02 Å². The van der Waals surface area contributed by atoms with Crippen LogP contribution in [0.4, 0.5) is 5.69 Å². The smallest absolute Gasteiger partial charge is 0.262 e. The Morgan fingerprint density at radius 3 is 2.62 bits per heavy atom. The van der Waals surface area contributed by atoms with E-state index in [0.717, 1.165) is 5.56 Å². The minimum atomic E-state index is -0.523. The first-order chi connectivity index (χ1) is 10.0. The lowest BCUT2D eigenvalue weighted by Crippen LogP contribution is -2.20. The molecule has 0 bridgehead atoms. The van der Waals surface area contributed by atoms with Crippen molar-refractivity contribution in [1.29, 1.82) is 0 Å². The molecule has 0 spiro atoms. The third-order valence-corrected chi connectivity index (χ3v) is 3.08. The Morgan fingerprint density at radius 2 is 2.00 bits per heavy atom. The average Bonchev–Trinajstić information content (AvgIpc) is 2.45. The number of hydrogen-bond acceptors (Lipinski definition) is 3. The molecular formula is C16H16ClNO3. The molecule has 0 heterocycles. The summed E-state index contributed by atoms with van der Waals surface area (Å²) in [4.78, 5) is 11.8. The van der Waals surface area contributed by atoms with E-state index >= 15 is 0 Å². The van der Waals surface area contributed by atoms with E-state index in [1.807, 2.05) is 0 Å². The molecule has 21 heavy (non-hydrogen) atoms. The van der Waals surface area contributed by atoms with Gasteiger partial charge in [-0.05, 0) is 42.8 Å². The Bertz CT molecular complexity index is 611. The fourth-order valence-corrected chi connectivity index (χ4v) is 1.95. The van der Waals surface area contributed by atoms with Gasteiger partial charge in [0.1, 0.15) is 5.75 Å². The number of anilines is 1. The highest BCUT2D eigenvalue weighted by Gasteiger charge is 2.05. The summed E-state index contributed by atoms with van der Waals surface area (Å²) in [6.07, 6.45) is -0.523. The molecule has 2 N–H and O–H groups in total. The quantitative estimate of drug-likeness (QED) is 0.890. The Morgan fingerprint density at radius 1 is 1.29 bits per heavy atom. The summed E-state index contributed by atoms with van der Waals surface area (Å²) in [7, 11) is 0. The average molecular weight is 306 g/mol. The minimum absolute atomic E-state index is 0.0967. The Kier molecular flexibility index (Phi) is 5.20. The Labute approximate surface area is 128 Å². The molecule has 0 aliphatic carbocycles. The zero-order valence-electron chi connectivity index (χ0n) is 11.5. The summed E-state index contributed by atoms with van der Waals surface area (Å²) in [6, 6.07) is 13.9. The van der Waals surface area contributed by atoms with Crippen LogP contribution < -0.4 is 10.1 Å². The molecule has 0 aliphatic rings. The van der Waals surface area contributed by atoms with Crippen molar-refractivity contribution in [3.05, 3.63) is 59.1 Å². The standard InChI is InChI=1S/C16H16ClNO3/c1-11(19)12-5-7-15(8-6-12)21-10-16(20)18-14-4-2-3-13(17)9-14/h2-9,11,19H,10H2,1H3,(H,18,20). The number of rotatable bonds is 5. The number of aliphatic hydroxyl groups is 1. The van der Waals surface area contributed by atoms with Crippen LogP contribution in [0.15, 0.2) is 48.5 Å². The lowest BCUT2D eigenvalue weighted by Gasteiger charge is -2.09. The second kappa shape index (κ2) is 7.11. The van der Waals surface area contributed by atoms with Gasteiger partial charge in [0.15, 0.2) is 6.61 Å². The number of amides is 1. The van der Waals surface area contributed by atoms with Crippen LogP contribution in [0.25, 0.3) is 0 Å². The van der Waals surface area contributed by atoms with Crippen LogP contribution in [0.1, 0.15) is 18.6 Å². The van der Waals surface area contributed by atoms with E-state index in [-0.39, 0.29) is 12.5 Å². The van der Waals surface area contributed by atoms with Gasteiger partial charge in [-0.1, -0.05) is 29.8 Å². The molecule has 0 aliphatic heterocycles. The monoisotopic (exact) mass is 305 g/mol. The number of benzene rings is 2. The van der Waals surface area contributed by atoms with E-state index in [9.17, 15) is 9.90 Å². The molecule has 4 nitrogen and oxygen atoms in total. The summed E-state index contributed by atoms with van der Waals surface area (Å²) >= 11 is 5.84. The molecule has 2 aromatic rings. The van der Waals surface area contributed by atoms with Crippen LogP contribution in [0, 0.1) is 0 Å². The summed E-state index contributed by atoms with van der Waals surface area (Å²) in [5.41, 5.74) is 1.42. The SMILES string of the molecule is CC(O)c1ccc(OCC(=O)Nc2cccc(Cl)c2)cc1. The van der Waals surface area contributed by atoms with Gasteiger partial charge in [0.05, 0.1) is 6.10 Å². The molecule has 0 saturated carbocycles. The first-order valence-electron chi connectivity index (χ1n) is 6.51. The van der Waals surface area contributed by atoms with Gasteiger partial charge in [-0.15, -0.1) is 0 Å². The van der Waals surface area contributed by atoms with Crippen molar-refractivity contribution < 1.29 is 14.6 Å². The van der Waals surface area contributed by atoms with Gasteiger partial charge in [-0.3, -0.25) is 4.79 Å². The maximum atomic E-state index is 11.8. The number of halogens is 1. The van der Waals surface area contributed by atoms with E-state index < -0.39 is 6.10 Å². The van der Waals surface area contributed by atoms with Gasteiger partial charge in [0.2, 0.25) is 0 Å². The molecular weight excluding hydrogens is 290 g/mol. The van der Waals surface area contributed by atoms with Gasteiger partial charge in [-0.2, -0.15) is 0 Å². The highest BCUT2D eigenvalue weighted by Crippen LogP contribution is 2.18.